The summed E-state index contributed by atoms with van der Waals surface area (Å²) >= 11 is 0. The Balaban J connectivity index is 1.68. The molecule has 6 heteroatoms. The zero-order chi connectivity index (χ0) is 18.5. The molecule has 0 bridgehead atoms. The highest BCUT2D eigenvalue weighted by Crippen LogP contribution is 2.23. The molecule has 1 N–H and O–H groups in total. The molecule has 1 fully saturated rings. The fourth-order valence-electron chi connectivity index (χ4n) is 3.73. The van der Waals surface area contributed by atoms with E-state index in [1.165, 1.54) is 5.39 Å². The quantitative estimate of drug-likeness (QED) is 0.826. The highest BCUT2D eigenvalue weighted by atomic mass is 16.5. The Morgan fingerprint density at radius 3 is 2.69 bits per heavy atom. The van der Waals surface area contributed by atoms with Crippen LogP contribution in [0.5, 0.6) is 0 Å². The third-order valence-corrected chi connectivity index (χ3v) is 5.11. The van der Waals surface area contributed by atoms with Gasteiger partial charge in [0, 0.05) is 56.4 Å². The third kappa shape index (κ3) is 4.25. The lowest BCUT2D eigenvalue weighted by Gasteiger charge is -2.34. The van der Waals surface area contributed by atoms with Gasteiger partial charge in [-0.3, -0.25) is 9.59 Å². The molecule has 0 aliphatic carbocycles. The van der Waals surface area contributed by atoms with Gasteiger partial charge in [0.2, 0.25) is 5.91 Å². The monoisotopic (exact) mass is 358 g/mol. The van der Waals surface area contributed by atoms with Crippen molar-refractivity contribution in [2.45, 2.75) is 38.1 Å². The molecule has 140 valence electrons. The number of para-hydroxylation sites is 1. The average Bonchev–Trinajstić information content (AvgIpc) is 2.97. The molecular formula is C20H26N2O4. The Bertz CT molecular complexity index is 777. The lowest BCUT2D eigenvalue weighted by Crippen LogP contribution is -2.44. The van der Waals surface area contributed by atoms with Gasteiger partial charge < -0.3 is 19.3 Å². The molecular weight excluding hydrogens is 332 g/mol. The maximum atomic E-state index is 12.9. The molecule has 0 radical (unpaired) electrons. The topological polar surface area (TPSA) is 71.8 Å². The summed E-state index contributed by atoms with van der Waals surface area (Å²) in [7, 11) is 2.01. The molecule has 1 aromatic heterocycles. The van der Waals surface area contributed by atoms with Crippen LogP contribution in [0, 0.1) is 0 Å². The van der Waals surface area contributed by atoms with Crippen LogP contribution in [0.15, 0.2) is 30.5 Å². The van der Waals surface area contributed by atoms with E-state index in [2.05, 4.69) is 22.9 Å². The van der Waals surface area contributed by atoms with Gasteiger partial charge in [-0.1, -0.05) is 18.2 Å². The van der Waals surface area contributed by atoms with Gasteiger partial charge in [0.1, 0.15) is 0 Å². The minimum atomic E-state index is -0.871. The van der Waals surface area contributed by atoms with Gasteiger partial charge in [-0.2, -0.15) is 0 Å². The zero-order valence-corrected chi connectivity index (χ0v) is 15.2. The van der Waals surface area contributed by atoms with Crippen LogP contribution in [0.2, 0.25) is 0 Å². The summed E-state index contributed by atoms with van der Waals surface area (Å²) in [5.41, 5.74) is 2.31. The number of nitrogens with zero attached hydrogens (tertiary/aromatic N) is 2. The van der Waals surface area contributed by atoms with Gasteiger partial charge in [0.05, 0.1) is 6.42 Å². The van der Waals surface area contributed by atoms with Crippen LogP contribution in [0.3, 0.4) is 0 Å². The zero-order valence-electron chi connectivity index (χ0n) is 15.2. The molecule has 0 spiro atoms. The van der Waals surface area contributed by atoms with Crippen molar-refractivity contribution in [3.63, 3.8) is 0 Å². The Morgan fingerprint density at radius 2 is 1.96 bits per heavy atom. The van der Waals surface area contributed by atoms with Crippen molar-refractivity contribution >= 4 is 22.8 Å². The Hall–Kier alpha value is -2.34. The number of amides is 1. The summed E-state index contributed by atoms with van der Waals surface area (Å²) in [5, 5.41) is 10.2. The van der Waals surface area contributed by atoms with Crippen molar-refractivity contribution in [3.8, 4) is 0 Å². The second-order valence-electron chi connectivity index (χ2n) is 6.86. The number of carboxylic acids is 1. The molecule has 26 heavy (non-hydrogen) atoms. The third-order valence-electron chi connectivity index (χ3n) is 5.11. The first-order chi connectivity index (χ1) is 12.6. The number of fused-ring (bicyclic) bond motifs is 1. The average molecular weight is 358 g/mol. The number of aryl methyl sites for hydroxylation is 2. The molecule has 2 aromatic rings. The summed E-state index contributed by atoms with van der Waals surface area (Å²) < 4.78 is 7.46. The number of aliphatic carboxylic acids is 1. The van der Waals surface area contributed by atoms with Gasteiger partial charge in [-0.05, 0) is 30.9 Å². The lowest BCUT2D eigenvalue weighted by molar-refractivity contribution is -0.140. The summed E-state index contributed by atoms with van der Waals surface area (Å²) in [4.78, 5) is 25.6. The van der Waals surface area contributed by atoms with Crippen LogP contribution in [-0.4, -0.2) is 52.3 Å². The Morgan fingerprint density at radius 1 is 1.23 bits per heavy atom. The van der Waals surface area contributed by atoms with Crippen molar-refractivity contribution in [3.05, 3.63) is 36.0 Å². The standard InChI is InChI=1S/C20H26N2O4/c1-21-14-15(17-4-2-3-5-18(17)21)6-7-19(23)22(11-8-20(24)25)16-9-12-26-13-10-16/h2-5,14,16H,6-13H2,1H3,(H,24,25). The lowest BCUT2D eigenvalue weighted by atomic mass is 10.0. The number of carboxylic acid groups (broad SMARTS) is 1. The molecule has 0 saturated carbocycles. The second-order valence-corrected chi connectivity index (χ2v) is 6.86. The summed E-state index contributed by atoms with van der Waals surface area (Å²) in [5.74, 6) is -0.838. The first-order valence-electron chi connectivity index (χ1n) is 9.18. The van der Waals surface area contributed by atoms with Crippen LogP contribution >= 0.6 is 0 Å². The van der Waals surface area contributed by atoms with Crippen LogP contribution in [0.25, 0.3) is 10.9 Å². The van der Waals surface area contributed by atoms with E-state index >= 15 is 0 Å². The van der Waals surface area contributed by atoms with E-state index < -0.39 is 5.97 Å². The van der Waals surface area contributed by atoms with Crippen LogP contribution in [0.1, 0.15) is 31.2 Å². The molecule has 1 aliphatic heterocycles. The number of rotatable bonds is 7. The molecule has 0 atom stereocenters. The van der Waals surface area contributed by atoms with E-state index in [4.69, 9.17) is 9.84 Å². The fourth-order valence-corrected chi connectivity index (χ4v) is 3.73. The Labute approximate surface area is 153 Å². The van der Waals surface area contributed by atoms with E-state index in [1.807, 2.05) is 19.2 Å². The normalized spacial score (nSPS) is 15.3. The predicted molar refractivity (Wildman–Crippen MR) is 99.0 cm³/mol. The number of aromatic nitrogens is 1. The van der Waals surface area contributed by atoms with Gasteiger partial charge in [0.15, 0.2) is 0 Å². The largest absolute Gasteiger partial charge is 0.481 e. The minimum absolute atomic E-state index is 0.0165. The van der Waals surface area contributed by atoms with Crippen LogP contribution in [-0.2, 0) is 27.8 Å². The summed E-state index contributed by atoms with van der Waals surface area (Å²) in [6.45, 7) is 1.53. The number of benzene rings is 1. The minimum Gasteiger partial charge on any atom is -0.481 e. The van der Waals surface area contributed by atoms with E-state index in [9.17, 15) is 9.59 Å². The maximum absolute atomic E-state index is 12.9. The van der Waals surface area contributed by atoms with Gasteiger partial charge >= 0.3 is 5.97 Å². The maximum Gasteiger partial charge on any atom is 0.305 e. The SMILES string of the molecule is Cn1cc(CCC(=O)N(CCC(=O)O)C2CCOCC2)c2ccccc21. The van der Waals surface area contributed by atoms with E-state index in [0.717, 1.165) is 23.9 Å². The van der Waals surface area contributed by atoms with Crippen molar-refractivity contribution in [1.29, 1.82) is 0 Å². The van der Waals surface area contributed by atoms with E-state index in [0.29, 0.717) is 26.1 Å². The summed E-state index contributed by atoms with van der Waals surface area (Å²) in [6, 6.07) is 8.26. The van der Waals surface area contributed by atoms with Gasteiger partial charge in [0.25, 0.3) is 0 Å². The smallest absolute Gasteiger partial charge is 0.305 e. The van der Waals surface area contributed by atoms with Crippen molar-refractivity contribution in [1.82, 2.24) is 9.47 Å². The highest BCUT2D eigenvalue weighted by Gasteiger charge is 2.26. The molecule has 1 aromatic carbocycles. The van der Waals surface area contributed by atoms with Gasteiger partial charge in [-0.15, -0.1) is 0 Å². The van der Waals surface area contributed by atoms with Crippen molar-refractivity contribution in [2.24, 2.45) is 7.05 Å². The molecule has 6 nitrogen and oxygen atoms in total. The molecule has 3 rings (SSSR count). The number of carbonyl (C=O) groups is 2. The van der Waals surface area contributed by atoms with Gasteiger partial charge in [-0.25, -0.2) is 0 Å². The van der Waals surface area contributed by atoms with Crippen LogP contribution in [0.4, 0.5) is 0 Å². The van der Waals surface area contributed by atoms with Crippen molar-refractivity contribution in [2.75, 3.05) is 19.8 Å². The summed E-state index contributed by atoms with van der Waals surface area (Å²) in [6.07, 6.45) is 4.67. The van der Waals surface area contributed by atoms with E-state index in [-0.39, 0.29) is 24.9 Å². The molecule has 2 heterocycles. The number of hydrogen-bond acceptors (Lipinski definition) is 3. The molecule has 1 amide bonds. The highest BCUT2D eigenvalue weighted by molar-refractivity contribution is 5.85. The predicted octanol–water partition coefficient (Wildman–Crippen LogP) is 2.59. The van der Waals surface area contributed by atoms with E-state index in [1.54, 1.807) is 4.90 Å². The van der Waals surface area contributed by atoms with Crippen molar-refractivity contribution < 1.29 is 19.4 Å². The molecule has 1 saturated heterocycles. The number of hydrogen-bond donors (Lipinski definition) is 1. The number of carbonyl (C=O) groups excluding carboxylic acids is 1. The first kappa shape index (κ1) is 18.5. The number of ether oxygens (including phenoxy) is 1. The first-order valence-corrected chi connectivity index (χ1v) is 9.18. The Kier molecular flexibility index (Phi) is 5.93. The fraction of sp³-hybridized carbons (Fsp3) is 0.500. The second kappa shape index (κ2) is 8.36. The molecule has 1 aliphatic rings. The van der Waals surface area contributed by atoms with Crippen LogP contribution < -0.4 is 0 Å². The molecule has 0 unspecified atom stereocenters.